The van der Waals surface area contributed by atoms with Crippen molar-refractivity contribution in [3.05, 3.63) is 19.0 Å². The lowest BCUT2D eigenvalue weighted by Gasteiger charge is -2.01. The van der Waals surface area contributed by atoms with E-state index in [1.165, 1.54) is 19.0 Å². The second kappa shape index (κ2) is 2.74. The van der Waals surface area contributed by atoms with Gasteiger partial charge in [-0.1, -0.05) is 0 Å². The monoisotopic (exact) mass is 202 g/mol. The standard InChI is InChI=1S/C7H6N8/c8-7-13-5-4(9-1-10-5)6(14-7)15-2-11-12-3-15/h1-3H,(H3,8,9,10,13,14). The van der Waals surface area contributed by atoms with E-state index in [0.29, 0.717) is 17.0 Å². The van der Waals surface area contributed by atoms with Crippen molar-refractivity contribution >= 4 is 17.1 Å². The summed E-state index contributed by atoms with van der Waals surface area (Å²) in [6, 6.07) is 0. The fourth-order valence-electron chi connectivity index (χ4n) is 1.33. The predicted octanol–water partition coefficient (Wildman–Crippen LogP) is -0.484. The first kappa shape index (κ1) is 7.85. The number of nitrogen functional groups attached to an aromatic ring is 1. The van der Waals surface area contributed by atoms with Crippen molar-refractivity contribution in [1.82, 2.24) is 34.7 Å². The van der Waals surface area contributed by atoms with Crippen LogP contribution in [0.15, 0.2) is 19.0 Å². The molecule has 0 aromatic carbocycles. The maximum absolute atomic E-state index is 5.57. The lowest BCUT2D eigenvalue weighted by atomic mass is 10.5. The first-order valence-electron chi connectivity index (χ1n) is 4.16. The lowest BCUT2D eigenvalue weighted by molar-refractivity contribution is 0.991. The van der Waals surface area contributed by atoms with Gasteiger partial charge < -0.3 is 10.7 Å². The van der Waals surface area contributed by atoms with Gasteiger partial charge in [0.1, 0.15) is 12.7 Å². The molecule has 0 fully saturated rings. The Kier molecular flexibility index (Phi) is 1.43. The van der Waals surface area contributed by atoms with Crippen LogP contribution in [0.1, 0.15) is 0 Å². The average molecular weight is 202 g/mol. The fraction of sp³-hybridized carbons (Fsp3) is 0. The summed E-state index contributed by atoms with van der Waals surface area (Å²) in [4.78, 5) is 15.1. The summed E-state index contributed by atoms with van der Waals surface area (Å²) >= 11 is 0. The van der Waals surface area contributed by atoms with Gasteiger partial charge in [0.05, 0.1) is 6.33 Å². The Morgan fingerprint density at radius 1 is 1.20 bits per heavy atom. The molecule has 0 radical (unpaired) electrons. The highest BCUT2D eigenvalue weighted by Gasteiger charge is 2.09. The van der Waals surface area contributed by atoms with E-state index in [1.807, 2.05) is 0 Å². The molecule has 0 amide bonds. The van der Waals surface area contributed by atoms with Gasteiger partial charge in [-0.05, 0) is 0 Å². The number of hydrogen-bond acceptors (Lipinski definition) is 6. The summed E-state index contributed by atoms with van der Waals surface area (Å²) in [6.07, 6.45) is 4.58. The van der Waals surface area contributed by atoms with Gasteiger partial charge in [-0.25, -0.2) is 4.98 Å². The van der Waals surface area contributed by atoms with Gasteiger partial charge in [-0.3, -0.25) is 4.57 Å². The molecule has 3 heterocycles. The third-order valence-corrected chi connectivity index (χ3v) is 1.94. The molecule has 0 unspecified atom stereocenters. The van der Waals surface area contributed by atoms with Crippen molar-refractivity contribution in [1.29, 1.82) is 0 Å². The second-order valence-corrected chi connectivity index (χ2v) is 2.87. The van der Waals surface area contributed by atoms with Crippen LogP contribution in [0.4, 0.5) is 5.95 Å². The highest BCUT2D eigenvalue weighted by atomic mass is 15.3. The first-order chi connectivity index (χ1) is 7.34. The summed E-state index contributed by atoms with van der Waals surface area (Å²) in [5, 5.41) is 7.39. The Balaban J connectivity index is 2.38. The van der Waals surface area contributed by atoms with Crippen molar-refractivity contribution in [3.8, 4) is 5.82 Å². The number of imidazole rings is 1. The van der Waals surface area contributed by atoms with E-state index in [4.69, 9.17) is 5.73 Å². The summed E-state index contributed by atoms with van der Waals surface area (Å²) < 4.78 is 1.63. The van der Waals surface area contributed by atoms with Crippen molar-refractivity contribution in [2.45, 2.75) is 0 Å². The summed E-state index contributed by atoms with van der Waals surface area (Å²) in [5.74, 6) is 0.735. The maximum atomic E-state index is 5.57. The molecule has 8 heteroatoms. The number of H-pyrrole nitrogens is 1. The van der Waals surface area contributed by atoms with Crippen LogP contribution in [0.2, 0.25) is 0 Å². The molecule has 0 bridgehead atoms. The SMILES string of the molecule is Nc1nc(-n2cnnc2)c2nc[nH]c2n1. The minimum absolute atomic E-state index is 0.176. The topological polar surface area (TPSA) is 111 Å². The molecule has 0 spiro atoms. The quantitative estimate of drug-likeness (QED) is 0.551. The van der Waals surface area contributed by atoms with Crippen LogP contribution in [-0.4, -0.2) is 34.7 Å². The van der Waals surface area contributed by atoms with E-state index in [-0.39, 0.29) is 5.95 Å². The minimum atomic E-state index is 0.176. The Bertz CT molecular complexity index is 595. The fourth-order valence-corrected chi connectivity index (χ4v) is 1.33. The number of aromatic amines is 1. The van der Waals surface area contributed by atoms with E-state index >= 15 is 0 Å². The van der Waals surface area contributed by atoms with Crippen molar-refractivity contribution in [2.75, 3.05) is 5.73 Å². The summed E-state index contributed by atoms with van der Waals surface area (Å²) in [5.41, 5.74) is 6.78. The zero-order valence-electron chi connectivity index (χ0n) is 7.49. The highest BCUT2D eigenvalue weighted by molar-refractivity contribution is 5.78. The zero-order chi connectivity index (χ0) is 10.3. The number of rotatable bonds is 1. The van der Waals surface area contributed by atoms with Gasteiger partial charge in [-0.2, -0.15) is 9.97 Å². The normalized spacial score (nSPS) is 10.9. The molecular formula is C7H6N8. The van der Waals surface area contributed by atoms with E-state index in [9.17, 15) is 0 Å². The molecule has 0 atom stereocenters. The van der Waals surface area contributed by atoms with Gasteiger partial charge >= 0.3 is 0 Å². The minimum Gasteiger partial charge on any atom is -0.368 e. The molecule has 8 nitrogen and oxygen atoms in total. The number of nitrogens with zero attached hydrogens (tertiary/aromatic N) is 6. The molecule has 0 aliphatic heterocycles. The van der Waals surface area contributed by atoms with E-state index in [0.717, 1.165) is 0 Å². The Hall–Kier alpha value is -2.51. The summed E-state index contributed by atoms with van der Waals surface area (Å²) in [6.45, 7) is 0. The van der Waals surface area contributed by atoms with Crippen LogP contribution < -0.4 is 5.73 Å². The second-order valence-electron chi connectivity index (χ2n) is 2.87. The third kappa shape index (κ3) is 1.11. The Morgan fingerprint density at radius 2 is 2.00 bits per heavy atom. The van der Waals surface area contributed by atoms with Gasteiger partial charge in [-0.15, -0.1) is 10.2 Å². The maximum Gasteiger partial charge on any atom is 0.224 e. The molecule has 0 saturated heterocycles. The molecule has 15 heavy (non-hydrogen) atoms. The van der Waals surface area contributed by atoms with Gasteiger partial charge in [0.2, 0.25) is 5.95 Å². The van der Waals surface area contributed by atoms with Crippen LogP contribution in [0.25, 0.3) is 17.0 Å². The molecule has 74 valence electrons. The third-order valence-electron chi connectivity index (χ3n) is 1.94. The van der Waals surface area contributed by atoms with Crippen molar-refractivity contribution in [2.24, 2.45) is 0 Å². The molecular weight excluding hydrogens is 196 g/mol. The van der Waals surface area contributed by atoms with Crippen LogP contribution in [-0.2, 0) is 0 Å². The molecule has 3 N–H and O–H groups in total. The number of aromatic nitrogens is 7. The molecule has 0 aliphatic rings. The van der Waals surface area contributed by atoms with Gasteiger partial charge in [0.25, 0.3) is 0 Å². The number of nitrogens with one attached hydrogen (secondary N) is 1. The van der Waals surface area contributed by atoms with E-state index < -0.39 is 0 Å². The zero-order valence-corrected chi connectivity index (χ0v) is 7.49. The first-order valence-corrected chi connectivity index (χ1v) is 4.16. The molecule has 3 rings (SSSR count). The number of fused-ring (bicyclic) bond motifs is 1. The predicted molar refractivity (Wildman–Crippen MR) is 51.0 cm³/mol. The van der Waals surface area contributed by atoms with Crippen LogP contribution in [0.5, 0.6) is 0 Å². The van der Waals surface area contributed by atoms with Crippen molar-refractivity contribution < 1.29 is 0 Å². The van der Waals surface area contributed by atoms with Crippen LogP contribution in [0.3, 0.4) is 0 Å². The number of nitrogens with two attached hydrogens (primary N) is 1. The lowest BCUT2D eigenvalue weighted by Crippen LogP contribution is -2.02. The highest BCUT2D eigenvalue weighted by Crippen LogP contribution is 2.15. The average Bonchev–Trinajstić information content (AvgIpc) is 2.86. The van der Waals surface area contributed by atoms with Gasteiger partial charge in [0.15, 0.2) is 17.0 Å². The van der Waals surface area contributed by atoms with E-state index in [2.05, 4.69) is 30.1 Å². The van der Waals surface area contributed by atoms with Gasteiger partial charge in [0, 0.05) is 0 Å². The number of hydrogen-bond donors (Lipinski definition) is 2. The van der Waals surface area contributed by atoms with Crippen LogP contribution >= 0.6 is 0 Å². The smallest absolute Gasteiger partial charge is 0.224 e. The molecule has 0 aliphatic carbocycles. The summed E-state index contributed by atoms with van der Waals surface area (Å²) in [7, 11) is 0. The Morgan fingerprint density at radius 3 is 2.80 bits per heavy atom. The Labute approximate surface area is 83.2 Å². The van der Waals surface area contributed by atoms with E-state index in [1.54, 1.807) is 4.57 Å². The van der Waals surface area contributed by atoms with Crippen molar-refractivity contribution in [3.63, 3.8) is 0 Å². The largest absolute Gasteiger partial charge is 0.368 e. The number of anilines is 1. The van der Waals surface area contributed by atoms with Crippen LogP contribution in [0, 0.1) is 0 Å². The molecule has 3 aromatic heterocycles. The molecule has 3 aromatic rings. The molecule has 0 saturated carbocycles.